The Bertz CT molecular complexity index is 409. The number of nitrogens with one attached hydrogen (secondary N) is 2. The van der Waals surface area contributed by atoms with Crippen LogP contribution in [0.5, 0.6) is 0 Å². The highest BCUT2D eigenvalue weighted by molar-refractivity contribution is 5.96. The first kappa shape index (κ1) is 12.0. The molecule has 1 atom stereocenters. The minimum Gasteiger partial charge on any atom is -0.352 e. The summed E-state index contributed by atoms with van der Waals surface area (Å²) in [5, 5.41) is 4.52. The number of rotatable bonds is 3. The van der Waals surface area contributed by atoms with Crippen LogP contribution in [0, 0.1) is 5.82 Å². The van der Waals surface area contributed by atoms with Gasteiger partial charge in [-0.3, -0.25) is 4.79 Å². The number of benzene rings is 1. The average molecular weight is 225 g/mol. The first-order valence-electron chi connectivity index (χ1n) is 4.62. The molecule has 3 amide bonds. The zero-order chi connectivity index (χ0) is 12.1. The van der Waals surface area contributed by atoms with Crippen LogP contribution in [0.2, 0.25) is 0 Å². The quantitative estimate of drug-likeness (QED) is 0.711. The topological polar surface area (TPSA) is 84.2 Å². The van der Waals surface area contributed by atoms with E-state index in [-0.39, 0.29) is 5.69 Å². The van der Waals surface area contributed by atoms with Crippen molar-refractivity contribution in [3.8, 4) is 0 Å². The van der Waals surface area contributed by atoms with E-state index in [0.717, 1.165) is 0 Å². The molecule has 0 aliphatic rings. The molecule has 0 saturated carbocycles. The Labute approximate surface area is 91.8 Å². The van der Waals surface area contributed by atoms with Crippen molar-refractivity contribution >= 4 is 17.6 Å². The van der Waals surface area contributed by atoms with Crippen molar-refractivity contribution in [3.05, 3.63) is 30.1 Å². The highest BCUT2D eigenvalue weighted by atomic mass is 19.1. The van der Waals surface area contributed by atoms with Crippen molar-refractivity contribution in [1.29, 1.82) is 0 Å². The Hall–Kier alpha value is -2.11. The summed E-state index contributed by atoms with van der Waals surface area (Å²) in [7, 11) is 0. The second kappa shape index (κ2) is 5.11. The van der Waals surface area contributed by atoms with Gasteiger partial charge >= 0.3 is 6.03 Å². The summed E-state index contributed by atoms with van der Waals surface area (Å²) in [5.41, 5.74) is 4.91. The summed E-state index contributed by atoms with van der Waals surface area (Å²) in [4.78, 5) is 21.9. The number of hydrogen-bond acceptors (Lipinski definition) is 2. The maximum atomic E-state index is 13.1. The lowest BCUT2D eigenvalue weighted by molar-refractivity contribution is -0.117. The van der Waals surface area contributed by atoms with Gasteiger partial charge in [0.2, 0.25) is 5.91 Å². The zero-order valence-corrected chi connectivity index (χ0v) is 8.66. The van der Waals surface area contributed by atoms with Crippen molar-refractivity contribution in [2.24, 2.45) is 5.73 Å². The predicted molar refractivity (Wildman–Crippen MR) is 57.2 cm³/mol. The van der Waals surface area contributed by atoms with Crippen LogP contribution in [0.1, 0.15) is 6.92 Å². The van der Waals surface area contributed by atoms with E-state index in [1.165, 1.54) is 25.1 Å². The van der Waals surface area contributed by atoms with Gasteiger partial charge in [-0.15, -0.1) is 0 Å². The second-order valence-electron chi connectivity index (χ2n) is 3.20. The minimum absolute atomic E-state index is 0.0608. The van der Waals surface area contributed by atoms with Crippen LogP contribution in [0.3, 0.4) is 0 Å². The molecule has 1 rings (SSSR count). The molecular formula is C10H12FN3O2. The number of urea groups is 1. The van der Waals surface area contributed by atoms with Crippen molar-refractivity contribution < 1.29 is 14.0 Å². The van der Waals surface area contributed by atoms with Gasteiger partial charge in [0.15, 0.2) is 0 Å². The van der Waals surface area contributed by atoms with Gasteiger partial charge in [-0.25, -0.2) is 9.18 Å². The lowest BCUT2D eigenvalue weighted by Gasteiger charge is -2.12. The fraction of sp³-hybridized carbons (Fsp3) is 0.200. The molecule has 1 aromatic rings. The van der Waals surface area contributed by atoms with E-state index in [4.69, 9.17) is 5.73 Å². The van der Waals surface area contributed by atoms with E-state index in [0.29, 0.717) is 0 Å². The molecule has 0 aromatic heterocycles. The summed E-state index contributed by atoms with van der Waals surface area (Å²) in [6.07, 6.45) is 0. The van der Waals surface area contributed by atoms with Gasteiger partial charge in [0.25, 0.3) is 0 Å². The molecule has 0 aliphatic heterocycles. The molecule has 0 aliphatic carbocycles. The smallest absolute Gasteiger partial charge is 0.312 e. The molecule has 1 unspecified atom stereocenters. The number of carbonyl (C=O) groups is 2. The van der Waals surface area contributed by atoms with Gasteiger partial charge in [0.05, 0.1) is 5.69 Å². The highest BCUT2D eigenvalue weighted by Gasteiger charge is 2.15. The lowest BCUT2D eigenvalue weighted by atomic mass is 10.2. The second-order valence-corrected chi connectivity index (χ2v) is 3.20. The summed E-state index contributed by atoms with van der Waals surface area (Å²) in [6.45, 7) is 1.45. The van der Waals surface area contributed by atoms with Gasteiger partial charge in [-0.1, -0.05) is 12.1 Å². The van der Waals surface area contributed by atoms with Gasteiger partial charge in [0.1, 0.15) is 11.9 Å². The molecular weight excluding hydrogens is 213 g/mol. The first-order valence-corrected chi connectivity index (χ1v) is 4.62. The van der Waals surface area contributed by atoms with Crippen LogP contribution in [-0.2, 0) is 4.79 Å². The predicted octanol–water partition coefficient (Wildman–Crippen LogP) is 0.821. The summed E-state index contributed by atoms with van der Waals surface area (Å²) in [6, 6.07) is 4.11. The number of halogens is 1. The Balaban J connectivity index is 2.64. The third-order valence-corrected chi connectivity index (χ3v) is 1.88. The molecule has 4 N–H and O–H groups in total. The van der Waals surface area contributed by atoms with Crippen LogP contribution in [-0.4, -0.2) is 18.0 Å². The molecule has 1 aromatic carbocycles. The maximum absolute atomic E-state index is 13.1. The third-order valence-electron chi connectivity index (χ3n) is 1.88. The highest BCUT2D eigenvalue weighted by Crippen LogP contribution is 2.12. The molecule has 0 heterocycles. The van der Waals surface area contributed by atoms with Crippen molar-refractivity contribution in [2.75, 3.05) is 5.32 Å². The van der Waals surface area contributed by atoms with Crippen LogP contribution in [0.25, 0.3) is 0 Å². The van der Waals surface area contributed by atoms with Crippen molar-refractivity contribution in [3.63, 3.8) is 0 Å². The lowest BCUT2D eigenvalue weighted by Crippen LogP contribution is -2.44. The monoisotopic (exact) mass is 225 g/mol. The Kier molecular flexibility index (Phi) is 3.82. The number of amides is 3. The largest absolute Gasteiger partial charge is 0.352 e. The Morgan fingerprint density at radius 2 is 2.00 bits per heavy atom. The number of para-hydroxylation sites is 1. The molecule has 0 saturated heterocycles. The van der Waals surface area contributed by atoms with Crippen LogP contribution < -0.4 is 16.4 Å². The Morgan fingerprint density at radius 1 is 1.38 bits per heavy atom. The van der Waals surface area contributed by atoms with Gasteiger partial charge < -0.3 is 16.4 Å². The first-order chi connectivity index (χ1) is 7.50. The molecule has 0 radical (unpaired) electrons. The zero-order valence-electron chi connectivity index (χ0n) is 8.66. The van der Waals surface area contributed by atoms with Crippen LogP contribution >= 0.6 is 0 Å². The fourth-order valence-corrected chi connectivity index (χ4v) is 1.08. The molecule has 0 bridgehead atoms. The number of primary amides is 1. The number of carbonyl (C=O) groups excluding carboxylic acids is 2. The standard InChI is InChI=1S/C10H12FN3O2/c1-6(13-10(12)16)9(15)14-8-5-3-2-4-7(8)11/h2-6H,1H3,(H,14,15)(H3,12,13,16). The van der Waals surface area contributed by atoms with E-state index in [1.807, 2.05) is 0 Å². The number of anilines is 1. The van der Waals surface area contributed by atoms with E-state index < -0.39 is 23.8 Å². The van der Waals surface area contributed by atoms with Gasteiger partial charge in [0, 0.05) is 0 Å². The normalized spacial score (nSPS) is 11.6. The summed E-state index contributed by atoms with van der Waals surface area (Å²) < 4.78 is 13.1. The van der Waals surface area contributed by atoms with E-state index >= 15 is 0 Å². The van der Waals surface area contributed by atoms with Crippen LogP contribution in [0.15, 0.2) is 24.3 Å². The SMILES string of the molecule is CC(NC(N)=O)C(=O)Nc1ccccc1F. The van der Waals surface area contributed by atoms with Gasteiger partial charge in [-0.2, -0.15) is 0 Å². The number of hydrogen-bond donors (Lipinski definition) is 3. The fourth-order valence-electron chi connectivity index (χ4n) is 1.08. The summed E-state index contributed by atoms with van der Waals surface area (Å²) in [5.74, 6) is -1.08. The van der Waals surface area contributed by atoms with Crippen molar-refractivity contribution in [1.82, 2.24) is 5.32 Å². The molecule has 0 fully saturated rings. The summed E-state index contributed by atoms with van der Waals surface area (Å²) >= 11 is 0. The average Bonchev–Trinajstić information content (AvgIpc) is 2.20. The minimum atomic E-state index is -0.822. The Morgan fingerprint density at radius 3 is 2.56 bits per heavy atom. The molecule has 0 spiro atoms. The molecule has 86 valence electrons. The molecule has 5 nitrogen and oxygen atoms in total. The van der Waals surface area contributed by atoms with Gasteiger partial charge in [-0.05, 0) is 19.1 Å². The number of nitrogens with two attached hydrogens (primary N) is 1. The van der Waals surface area contributed by atoms with E-state index in [9.17, 15) is 14.0 Å². The van der Waals surface area contributed by atoms with Crippen LogP contribution in [0.4, 0.5) is 14.9 Å². The third kappa shape index (κ3) is 3.23. The molecule has 6 heteroatoms. The van der Waals surface area contributed by atoms with Crippen molar-refractivity contribution in [2.45, 2.75) is 13.0 Å². The van der Waals surface area contributed by atoms with E-state index in [2.05, 4.69) is 10.6 Å². The maximum Gasteiger partial charge on any atom is 0.312 e. The van der Waals surface area contributed by atoms with E-state index in [1.54, 1.807) is 6.07 Å². The molecule has 16 heavy (non-hydrogen) atoms.